The van der Waals surface area contributed by atoms with Crippen LogP contribution in [0.3, 0.4) is 0 Å². The number of nitrogens with zero attached hydrogens (tertiary/aromatic N) is 3. The van der Waals surface area contributed by atoms with Crippen molar-refractivity contribution in [2.45, 2.75) is 44.9 Å². The van der Waals surface area contributed by atoms with Gasteiger partial charge in [0.25, 0.3) is 0 Å². The Hall–Kier alpha value is -5.87. The Morgan fingerprint density at radius 2 is 0.920 bits per heavy atom. The van der Waals surface area contributed by atoms with Gasteiger partial charge in [-0.1, -0.05) is 143 Å². The van der Waals surface area contributed by atoms with Gasteiger partial charge in [-0.15, -0.1) is 0 Å². The number of hydrogen-bond acceptors (Lipinski definition) is 4. The summed E-state index contributed by atoms with van der Waals surface area (Å²) in [5, 5.41) is 2.26. The second-order valence-corrected chi connectivity index (χ2v) is 14.8. The molecule has 1 aliphatic rings. The molecule has 242 valence electrons. The number of rotatable bonds is 5. The van der Waals surface area contributed by atoms with E-state index in [1.807, 2.05) is 48.5 Å². The third-order valence-electron chi connectivity index (χ3n) is 10.3. The Morgan fingerprint density at radius 3 is 1.70 bits per heavy atom. The van der Waals surface area contributed by atoms with Crippen LogP contribution in [0.4, 0.5) is 0 Å². The first-order valence-electron chi connectivity index (χ1n) is 17.3. The van der Waals surface area contributed by atoms with Crippen molar-refractivity contribution >= 4 is 21.9 Å². The van der Waals surface area contributed by atoms with Crippen LogP contribution < -0.4 is 0 Å². The lowest BCUT2D eigenvalue weighted by Crippen LogP contribution is -2.17. The van der Waals surface area contributed by atoms with Gasteiger partial charge in [-0.2, -0.15) is 0 Å². The van der Waals surface area contributed by atoms with Gasteiger partial charge in [0.1, 0.15) is 11.2 Å². The van der Waals surface area contributed by atoms with E-state index in [0.29, 0.717) is 17.5 Å². The number of furan rings is 1. The minimum atomic E-state index is 0.135. The van der Waals surface area contributed by atoms with Gasteiger partial charge < -0.3 is 4.42 Å². The van der Waals surface area contributed by atoms with Gasteiger partial charge in [-0.05, 0) is 74.9 Å². The van der Waals surface area contributed by atoms with Gasteiger partial charge in [0.15, 0.2) is 17.5 Å². The van der Waals surface area contributed by atoms with Crippen LogP contribution in [0.25, 0.3) is 78.4 Å². The number of hydrogen-bond donors (Lipinski definition) is 0. The fourth-order valence-electron chi connectivity index (χ4n) is 8.07. The quantitative estimate of drug-likeness (QED) is 0.186. The van der Waals surface area contributed by atoms with Gasteiger partial charge in [0.05, 0.1) is 0 Å². The Labute approximate surface area is 292 Å². The molecule has 9 rings (SSSR count). The lowest BCUT2D eigenvalue weighted by Gasteiger charge is -2.22. The van der Waals surface area contributed by atoms with Crippen LogP contribution in [0, 0.1) is 0 Å². The predicted molar refractivity (Wildman–Crippen MR) is 205 cm³/mol. The van der Waals surface area contributed by atoms with Gasteiger partial charge >= 0.3 is 0 Å². The van der Waals surface area contributed by atoms with Crippen molar-refractivity contribution in [1.82, 2.24) is 15.0 Å². The molecule has 0 spiro atoms. The van der Waals surface area contributed by atoms with Crippen molar-refractivity contribution in [3.05, 3.63) is 151 Å². The second kappa shape index (κ2) is 11.3. The fourth-order valence-corrected chi connectivity index (χ4v) is 8.07. The summed E-state index contributed by atoms with van der Waals surface area (Å²) in [7, 11) is 0. The third-order valence-corrected chi connectivity index (χ3v) is 10.3. The van der Waals surface area contributed by atoms with Crippen LogP contribution in [-0.2, 0) is 10.8 Å². The highest BCUT2D eigenvalue weighted by Gasteiger charge is 2.41. The van der Waals surface area contributed by atoms with Crippen molar-refractivity contribution in [2.24, 2.45) is 0 Å². The molecule has 6 aromatic carbocycles. The van der Waals surface area contributed by atoms with E-state index in [-0.39, 0.29) is 10.8 Å². The van der Waals surface area contributed by atoms with E-state index in [1.165, 1.54) is 16.7 Å². The average Bonchev–Trinajstić information content (AvgIpc) is 3.61. The second-order valence-electron chi connectivity index (χ2n) is 14.8. The summed E-state index contributed by atoms with van der Waals surface area (Å²) in [6.07, 6.45) is 1.15. The first-order chi connectivity index (χ1) is 24.2. The van der Waals surface area contributed by atoms with E-state index in [1.54, 1.807) is 0 Å². The highest BCUT2D eigenvalue weighted by molar-refractivity contribution is 6.05. The molecule has 0 saturated carbocycles. The lowest BCUT2D eigenvalue weighted by atomic mass is 9.82. The first-order valence-corrected chi connectivity index (χ1v) is 17.3. The van der Waals surface area contributed by atoms with Gasteiger partial charge in [-0.25, -0.2) is 15.0 Å². The molecule has 0 amide bonds. The first kappa shape index (κ1) is 30.2. The minimum Gasteiger partial charge on any atom is -0.456 e. The Balaban J connectivity index is 1.10. The maximum atomic E-state index is 6.16. The predicted octanol–water partition coefficient (Wildman–Crippen LogP) is 12.1. The summed E-state index contributed by atoms with van der Waals surface area (Å²) < 4.78 is 6.16. The summed E-state index contributed by atoms with van der Waals surface area (Å²) >= 11 is 0. The zero-order valence-electron chi connectivity index (χ0n) is 28.7. The van der Waals surface area contributed by atoms with E-state index >= 15 is 0 Å². The van der Waals surface area contributed by atoms with Gasteiger partial charge in [0.2, 0.25) is 0 Å². The lowest BCUT2D eigenvalue weighted by molar-refractivity contribution is 0.403. The Morgan fingerprint density at radius 1 is 0.400 bits per heavy atom. The Bertz CT molecular complexity index is 2560. The maximum Gasteiger partial charge on any atom is 0.164 e. The molecule has 0 radical (unpaired) electrons. The number of aromatic nitrogens is 3. The molecule has 0 aliphatic heterocycles. The van der Waals surface area contributed by atoms with Crippen LogP contribution in [0.15, 0.2) is 144 Å². The van der Waals surface area contributed by atoms with E-state index in [4.69, 9.17) is 19.4 Å². The highest BCUT2D eigenvalue weighted by Crippen LogP contribution is 2.50. The molecule has 8 aromatic rings. The average molecular weight is 648 g/mol. The zero-order chi connectivity index (χ0) is 34.0. The highest BCUT2D eigenvalue weighted by atomic mass is 16.3. The molecule has 1 aliphatic carbocycles. The molecule has 4 nitrogen and oxygen atoms in total. The molecule has 50 heavy (non-hydrogen) atoms. The summed E-state index contributed by atoms with van der Waals surface area (Å²) in [4.78, 5) is 15.1. The van der Waals surface area contributed by atoms with E-state index in [9.17, 15) is 0 Å². The Kier molecular flexibility index (Phi) is 6.86. The van der Waals surface area contributed by atoms with Crippen LogP contribution in [0.2, 0.25) is 0 Å². The summed E-state index contributed by atoms with van der Waals surface area (Å²) in [5.74, 6) is 1.94. The van der Waals surface area contributed by atoms with Crippen molar-refractivity contribution in [2.75, 3.05) is 0 Å². The molecule has 4 heteroatoms. The van der Waals surface area contributed by atoms with Crippen LogP contribution in [0.1, 0.15) is 45.2 Å². The minimum absolute atomic E-state index is 0.135. The molecular formula is C46H37N3O. The van der Waals surface area contributed by atoms with E-state index in [0.717, 1.165) is 61.7 Å². The molecule has 2 heterocycles. The molecule has 2 aromatic heterocycles. The zero-order valence-corrected chi connectivity index (χ0v) is 28.7. The summed E-state index contributed by atoms with van der Waals surface area (Å²) in [5.41, 5.74) is 12.4. The molecule has 0 atom stereocenters. The maximum absolute atomic E-state index is 6.16. The smallest absolute Gasteiger partial charge is 0.164 e. The van der Waals surface area contributed by atoms with Crippen molar-refractivity contribution in [3.63, 3.8) is 0 Å². The molecule has 0 saturated heterocycles. The van der Waals surface area contributed by atoms with Crippen molar-refractivity contribution in [1.29, 1.82) is 0 Å². The van der Waals surface area contributed by atoms with Crippen molar-refractivity contribution < 1.29 is 4.42 Å². The third kappa shape index (κ3) is 5.19. The van der Waals surface area contributed by atoms with E-state index < -0.39 is 0 Å². The molecule has 0 bridgehead atoms. The van der Waals surface area contributed by atoms with Crippen LogP contribution >= 0.6 is 0 Å². The van der Waals surface area contributed by atoms with Crippen LogP contribution in [0.5, 0.6) is 0 Å². The number of para-hydroxylation sites is 1. The van der Waals surface area contributed by atoms with E-state index in [2.05, 4.69) is 119 Å². The summed E-state index contributed by atoms with van der Waals surface area (Å²) in [6.45, 7) is 9.45. The van der Waals surface area contributed by atoms with Crippen molar-refractivity contribution in [3.8, 4) is 56.4 Å². The SMILES string of the molecule is CC1(C)CC(C)(C)c2cc(-c3cccc(-c4nc(-c5ccccc5)nc(-c5ccc(-c6ccc7c(c6)oc6ccccc67)cc5)n4)c3)ccc21. The topological polar surface area (TPSA) is 51.8 Å². The number of benzene rings is 6. The number of fused-ring (bicyclic) bond motifs is 4. The van der Waals surface area contributed by atoms with Crippen LogP contribution in [-0.4, -0.2) is 15.0 Å². The molecular weight excluding hydrogens is 611 g/mol. The van der Waals surface area contributed by atoms with Gasteiger partial charge in [-0.3, -0.25) is 0 Å². The van der Waals surface area contributed by atoms with Gasteiger partial charge in [0, 0.05) is 27.5 Å². The fraction of sp³-hybridized carbons (Fsp3) is 0.152. The molecule has 0 fully saturated rings. The standard InChI is InChI=1S/C46H37N3O/c1-45(2)28-46(3,4)39-26-33(22-24-38(39)45)32-13-10-14-35(25-32)44-48-42(30-11-6-5-7-12-30)47-43(49-44)31-19-17-29(18-20-31)34-21-23-37-36-15-8-9-16-40(36)50-41(37)27-34/h5-27H,28H2,1-4H3. The normalized spacial score (nSPS) is 14.6. The monoisotopic (exact) mass is 647 g/mol. The molecule has 0 unspecified atom stereocenters. The molecule has 0 N–H and O–H groups in total. The largest absolute Gasteiger partial charge is 0.456 e. The summed E-state index contributed by atoms with van der Waals surface area (Å²) in [6, 6.07) is 48.7.